The Bertz CT molecular complexity index is 1190. The lowest BCUT2D eigenvalue weighted by Crippen LogP contribution is -2.44. The highest BCUT2D eigenvalue weighted by atomic mass is 32.2. The summed E-state index contributed by atoms with van der Waals surface area (Å²) >= 11 is 1.45. The third-order valence-electron chi connectivity index (χ3n) is 5.95. The van der Waals surface area contributed by atoms with Crippen LogP contribution in [-0.4, -0.2) is 49.9 Å². The van der Waals surface area contributed by atoms with E-state index in [1.807, 2.05) is 67.6 Å². The molecule has 1 aliphatic heterocycles. The molecule has 3 aromatic carbocycles. The number of likely N-dealkylation sites (N-methyl/N-ethyl adjacent to an activating group) is 1. The molecule has 1 N–H and O–H groups in total. The molecule has 2 amide bonds. The normalized spacial score (nSPS) is 14.3. The number of nitrogens with one attached hydrogen (secondary N) is 1. The highest BCUT2D eigenvalue weighted by Crippen LogP contribution is 2.41. The van der Waals surface area contributed by atoms with Gasteiger partial charge in [0.1, 0.15) is 6.54 Å². The molecule has 5 nitrogen and oxygen atoms in total. The molecule has 0 aromatic heterocycles. The smallest absolute Gasteiger partial charge is 0.265 e. The minimum atomic E-state index is -0.161. The van der Waals surface area contributed by atoms with Crippen molar-refractivity contribution in [1.29, 1.82) is 0 Å². The number of amides is 2. The zero-order chi connectivity index (χ0) is 24.6. The molecule has 0 bridgehead atoms. The summed E-state index contributed by atoms with van der Waals surface area (Å²) in [7, 11) is 2.05. The van der Waals surface area contributed by atoms with Gasteiger partial charge in [0.25, 0.3) is 5.91 Å². The van der Waals surface area contributed by atoms with Crippen LogP contribution in [0.1, 0.15) is 16.7 Å². The Balaban J connectivity index is 1.35. The fourth-order valence-electron chi connectivity index (χ4n) is 3.90. The summed E-state index contributed by atoms with van der Waals surface area (Å²) in [5.41, 5.74) is 4.22. The Morgan fingerprint density at radius 2 is 1.69 bits per heavy atom. The van der Waals surface area contributed by atoms with Crippen molar-refractivity contribution in [2.75, 3.05) is 38.1 Å². The molecule has 180 valence electrons. The second-order valence-corrected chi connectivity index (χ2v) is 9.85. The van der Waals surface area contributed by atoms with Gasteiger partial charge in [0.2, 0.25) is 5.91 Å². The fourth-order valence-corrected chi connectivity index (χ4v) is 4.95. The van der Waals surface area contributed by atoms with Crippen LogP contribution in [0.3, 0.4) is 0 Å². The maximum Gasteiger partial charge on any atom is 0.265 e. The Kier molecular flexibility index (Phi) is 8.40. The van der Waals surface area contributed by atoms with E-state index in [4.69, 9.17) is 0 Å². The lowest BCUT2D eigenvalue weighted by atomic mass is 10.1. The van der Waals surface area contributed by atoms with Gasteiger partial charge in [-0.05, 0) is 49.7 Å². The molecular formula is C29H31N3O2S. The van der Waals surface area contributed by atoms with Crippen LogP contribution in [-0.2, 0) is 16.0 Å². The van der Waals surface area contributed by atoms with Crippen molar-refractivity contribution < 1.29 is 9.59 Å². The van der Waals surface area contributed by atoms with Crippen LogP contribution in [0.25, 0.3) is 6.08 Å². The molecule has 1 heterocycles. The number of thioether (sulfide) groups is 1. The van der Waals surface area contributed by atoms with Crippen molar-refractivity contribution >= 4 is 35.3 Å². The highest BCUT2D eigenvalue weighted by Gasteiger charge is 2.30. The van der Waals surface area contributed by atoms with E-state index < -0.39 is 0 Å². The van der Waals surface area contributed by atoms with E-state index in [9.17, 15) is 9.59 Å². The van der Waals surface area contributed by atoms with Crippen molar-refractivity contribution in [3.8, 4) is 0 Å². The van der Waals surface area contributed by atoms with Crippen LogP contribution in [0.5, 0.6) is 0 Å². The average molecular weight is 486 g/mol. The van der Waals surface area contributed by atoms with E-state index >= 15 is 0 Å². The summed E-state index contributed by atoms with van der Waals surface area (Å²) in [6.45, 7) is 4.23. The molecule has 0 spiro atoms. The first-order chi connectivity index (χ1) is 17.0. The number of carbonyl (C=O) groups excluding carboxylic acids is 2. The molecule has 4 rings (SSSR count). The molecule has 0 fully saturated rings. The number of carbonyl (C=O) groups is 2. The van der Waals surface area contributed by atoms with Gasteiger partial charge in [0.15, 0.2) is 0 Å². The molecule has 0 radical (unpaired) electrons. The van der Waals surface area contributed by atoms with E-state index in [1.54, 1.807) is 4.90 Å². The molecule has 0 unspecified atom stereocenters. The van der Waals surface area contributed by atoms with Crippen molar-refractivity contribution in [1.82, 2.24) is 10.2 Å². The number of rotatable bonds is 9. The summed E-state index contributed by atoms with van der Waals surface area (Å²) in [6, 6.07) is 26.2. The van der Waals surface area contributed by atoms with E-state index in [2.05, 4.69) is 41.5 Å². The number of nitrogens with zero attached hydrogens (tertiary/aromatic N) is 2. The Morgan fingerprint density at radius 3 is 2.46 bits per heavy atom. The van der Waals surface area contributed by atoms with Gasteiger partial charge in [-0.3, -0.25) is 14.5 Å². The van der Waals surface area contributed by atoms with Crippen molar-refractivity contribution in [3.63, 3.8) is 0 Å². The number of para-hydroxylation sites is 1. The number of aryl methyl sites for hydroxylation is 1. The second kappa shape index (κ2) is 11.9. The summed E-state index contributed by atoms with van der Waals surface area (Å²) in [5.74, 6) is -0.310. The zero-order valence-electron chi connectivity index (χ0n) is 20.2. The summed E-state index contributed by atoms with van der Waals surface area (Å²) in [5, 5.41) is 2.98. The molecule has 1 aliphatic rings. The third-order valence-corrected chi connectivity index (χ3v) is 7.03. The molecule has 0 aliphatic carbocycles. The SMILES string of the molecule is Cc1ccc(/C=C2\Sc3ccccc3N(CC(=O)NCCN(C)CCc3ccccc3)C2=O)cc1. The number of benzene rings is 3. The van der Waals surface area contributed by atoms with Gasteiger partial charge >= 0.3 is 0 Å². The Labute approximate surface area is 211 Å². The number of anilines is 1. The van der Waals surface area contributed by atoms with Crippen LogP contribution >= 0.6 is 11.8 Å². The van der Waals surface area contributed by atoms with Crippen LogP contribution in [0.15, 0.2) is 88.7 Å². The van der Waals surface area contributed by atoms with E-state index in [0.717, 1.165) is 35.7 Å². The minimum Gasteiger partial charge on any atom is -0.353 e. The summed E-state index contributed by atoms with van der Waals surface area (Å²) in [4.78, 5) is 31.5. The number of fused-ring (bicyclic) bond motifs is 1. The Hall–Kier alpha value is -3.35. The Morgan fingerprint density at radius 1 is 0.971 bits per heavy atom. The topological polar surface area (TPSA) is 52.7 Å². The first-order valence-corrected chi connectivity index (χ1v) is 12.7. The van der Waals surface area contributed by atoms with Gasteiger partial charge in [-0.15, -0.1) is 0 Å². The van der Waals surface area contributed by atoms with Gasteiger partial charge in [-0.2, -0.15) is 0 Å². The molecular weight excluding hydrogens is 454 g/mol. The lowest BCUT2D eigenvalue weighted by molar-refractivity contribution is -0.122. The van der Waals surface area contributed by atoms with Crippen molar-refractivity contribution in [3.05, 3.63) is 100 Å². The van der Waals surface area contributed by atoms with Gasteiger partial charge in [0.05, 0.1) is 10.6 Å². The van der Waals surface area contributed by atoms with Gasteiger partial charge in [-0.1, -0.05) is 84.1 Å². The van der Waals surface area contributed by atoms with Gasteiger partial charge in [-0.25, -0.2) is 0 Å². The maximum atomic E-state index is 13.3. The molecule has 3 aromatic rings. The zero-order valence-corrected chi connectivity index (χ0v) is 21.1. The van der Waals surface area contributed by atoms with Crippen LogP contribution in [0.2, 0.25) is 0 Å². The highest BCUT2D eigenvalue weighted by molar-refractivity contribution is 8.04. The summed E-state index contributed by atoms with van der Waals surface area (Å²) in [6.07, 6.45) is 2.87. The quantitative estimate of drug-likeness (QED) is 0.444. The predicted octanol–water partition coefficient (Wildman–Crippen LogP) is 4.77. The average Bonchev–Trinajstić information content (AvgIpc) is 2.87. The minimum absolute atomic E-state index is 0.00459. The molecule has 0 atom stereocenters. The predicted molar refractivity (Wildman–Crippen MR) is 144 cm³/mol. The first-order valence-electron chi connectivity index (χ1n) is 11.9. The van der Waals surface area contributed by atoms with Crippen LogP contribution < -0.4 is 10.2 Å². The molecule has 6 heteroatoms. The third kappa shape index (κ3) is 6.84. The first kappa shape index (κ1) is 24.8. The second-order valence-electron chi connectivity index (χ2n) is 8.77. The molecule has 35 heavy (non-hydrogen) atoms. The largest absolute Gasteiger partial charge is 0.353 e. The van der Waals surface area contributed by atoms with Crippen molar-refractivity contribution in [2.24, 2.45) is 0 Å². The number of hydrogen-bond donors (Lipinski definition) is 1. The monoisotopic (exact) mass is 485 g/mol. The van der Waals surface area contributed by atoms with E-state index in [1.165, 1.54) is 22.9 Å². The molecule has 0 saturated carbocycles. The summed E-state index contributed by atoms with van der Waals surface area (Å²) < 4.78 is 0. The van der Waals surface area contributed by atoms with Gasteiger partial charge in [0, 0.05) is 24.5 Å². The number of hydrogen-bond acceptors (Lipinski definition) is 4. The fraction of sp³-hybridized carbons (Fsp3) is 0.241. The lowest BCUT2D eigenvalue weighted by Gasteiger charge is -2.30. The van der Waals surface area contributed by atoms with Gasteiger partial charge < -0.3 is 10.2 Å². The van der Waals surface area contributed by atoms with E-state index in [0.29, 0.717) is 11.4 Å². The van der Waals surface area contributed by atoms with E-state index in [-0.39, 0.29) is 18.4 Å². The standard InChI is InChI=1S/C29H31N3O2S/c1-22-12-14-24(15-13-22)20-27-29(34)32(25-10-6-7-11-26(25)35-27)21-28(33)30-17-19-31(2)18-16-23-8-4-3-5-9-23/h3-15,20H,16-19,21H2,1-2H3,(H,30,33)/b27-20-. The van der Waals surface area contributed by atoms with Crippen LogP contribution in [0, 0.1) is 6.92 Å². The van der Waals surface area contributed by atoms with Crippen LogP contribution in [0.4, 0.5) is 5.69 Å². The maximum absolute atomic E-state index is 13.3. The molecule has 0 saturated heterocycles. The van der Waals surface area contributed by atoms with Crippen molar-refractivity contribution in [2.45, 2.75) is 18.2 Å².